The predicted octanol–water partition coefficient (Wildman–Crippen LogP) is 3.54. The molecule has 0 fully saturated rings. The van der Waals surface area contributed by atoms with Crippen molar-refractivity contribution in [2.75, 3.05) is 25.2 Å². The van der Waals surface area contributed by atoms with Crippen LogP contribution >= 0.6 is 11.3 Å². The maximum absolute atomic E-state index is 12.3. The second kappa shape index (κ2) is 9.78. The molecular weight excluding hydrogens is 378 g/mol. The molecular formula is C20H21N3O4S. The maximum Gasteiger partial charge on any atom is 0.349 e. The quantitative estimate of drug-likeness (QED) is 0.306. The fourth-order valence-corrected chi connectivity index (χ4v) is 3.40. The molecule has 0 aliphatic carbocycles. The van der Waals surface area contributed by atoms with E-state index in [2.05, 4.69) is 4.98 Å². The number of aromatic nitrogens is 1. The van der Waals surface area contributed by atoms with E-state index in [1.54, 1.807) is 5.38 Å². The van der Waals surface area contributed by atoms with Crippen molar-refractivity contribution in [3.05, 3.63) is 46.0 Å². The Labute approximate surface area is 167 Å². The summed E-state index contributed by atoms with van der Waals surface area (Å²) in [5.74, 6) is -0.922. The summed E-state index contributed by atoms with van der Waals surface area (Å²) in [6, 6.07) is 7.60. The Kier molecular flexibility index (Phi) is 7.44. The SMILES string of the molecule is COCCOC(=O)/C(C#N)=C/c1csc(N(C(C)=O)c2c(C)cccc2C)n1. The molecule has 146 valence electrons. The molecule has 1 heterocycles. The number of methoxy groups -OCH3 is 1. The van der Waals surface area contributed by atoms with Gasteiger partial charge in [0.25, 0.3) is 0 Å². The number of anilines is 2. The molecule has 0 radical (unpaired) electrons. The molecule has 0 aliphatic heterocycles. The minimum absolute atomic E-state index is 0.0569. The van der Waals surface area contributed by atoms with Crippen molar-refractivity contribution in [1.82, 2.24) is 4.98 Å². The lowest BCUT2D eigenvalue weighted by Gasteiger charge is -2.22. The van der Waals surface area contributed by atoms with Crippen LogP contribution < -0.4 is 4.90 Å². The summed E-state index contributed by atoms with van der Waals surface area (Å²) in [6.07, 6.45) is 1.35. The third-order valence-electron chi connectivity index (χ3n) is 3.83. The van der Waals surface area contributed by atoms with E-state index < -0.39 is 5.97 Å². The van der Waals surface area contributed by atoms with Crippen molar-refractivity contribution in [2.45, 2.75) is 20.8 Å². The van der Waals surface area contributed by atoms with Gasteiger partial charge in [-0.3, -0.25) is 9.69 Å². The monoisotopic (exact) mass is 399 g/mol. The van der Waals surface area contributed by atoms with Gasteiger partial charge in [-0.05, 0) is 31.1 Å². The number of rotatable bonds is 7. The summed E-state index contributed by atoms with van der Waals surface area (Å²) in [6.45, 7) is 5.62. The van der Waals surface area contributed by atoms with E-state index in [0.29, 0.717) is 10.8 Å². The van der Waals surface area contributed by atoms with Gasteiger partial charge in [-0.15, -0.1) is 11.3 Å². The van der Waals surface area contributed by atoms with Gasteiger partial charge < -0.3 is 9.47 Å². The summed E-state index contributed by atoms with van der Waals surface area (Å²) in [7, 11) is 1.49. The lowest BCUT2D eigenvalue weighted by Crippen LogP contribution is -2.24. The molecule has 0 aliphatic rings. The van der Waals surface area contributed by atoms with E-state index in [0.717, 1.165) is 16.8 Å². The van der Waals surface area contributed by atoms with Gasteiger partial charge in [0.15, 0.2) is 5.13 Å². The van der Waals surface area contributed by atoms with Crippen molar-refractivity contribution < 1.29 is 19.1 Å². The standard InChI is InChI=1S/C20H21N3O4S/c1-13-6-5-7-14(2)18(13)23(15(3)24)20-22-17(12-28-20)10-16(11-21)19(25)27-9-8-26-4/h5-7,10,12H,8-9H2,1-4H3/b16-10+. The van der Waals surface area contributed by atoms with Crippen LogP contribution in [0.3, 0.4) is 0 Å². The summed E-state index contributed by atoms with van der Waals surface area (Å²) in [5, 5.41) is 11.4. The van der Waals surface area contributed by atoms with Crippen LogP contribution in [-0.2, 0) is 19.1 Å². The smallest absolute Gasteiger partial charge is 0.349 e. The number of hydrogen-bond donors (Lipinski definition) is 0. The van der Waals surface area contributed by atoms with Crippen molar-refractivity contribution >= 4 is 40.1 Å². The van der Waals surface area contributed by atoms with Crippen molar-refractivity contribution in [3.8, 4) is 6.07 Å². The summed E-state index contributed by atoms with van der Waals surface area (Å²) < 4.78 is 9.77. The third-order valence-corrected chi connectivity index (χ3v) is 4.68. The molecule has 28 heavy (non-hydrogen) atoms. The minimum Gasteiger partial charge on any atom is -0.459 e. The Morgan fingerprint density at radius 1 is 1.29 bits per heavy atom. The first-order valence-electron chi connectivity index (χ1n) is 8.49. The van der Waals surface area contributed by atoms with E-state index in [1.807, 2.05) is 38.1 Å². The normalized spacial score (nSPS) is 11.0. The van der Waals surface area contributed by atoms with Crippen molar-refractivity contribution in [2.24, 2.45) is 0 Å². The van der Waals surface area contributed by atoms with E-state index in [9.17, 15) is 14.9 Å². The number of nitrogens with zero attached hydrogens (tertiary/aromatic N) is 3. The van der Waals surface area contributed by atoms with Gasteiger partial charge in [-0.2, -0.15) is 5.26 Å². The number of ether oxygens (including phenoxy) is 2. The molecule has 8 heteroatoms. The fraction of sp³-hybridized carbons (Fsp3) is 0.300. The molecule has 0 bridgehead atoms. The average Bonchev–Trinajstić information content (AvgIpc) is 3.10. The topological polar surface area (TPSA) is 92.5 Å². The highest BCUT2D eigenvalue weighted by molar-refractivity contribution is 7.14. The largest absolute Gasteiger partial charge is 0.459 e. The van der Waals surface area contributed by atoms with Crippen LogP contribution in [0.5, 0.6) is 0 Å². The van der Waals surface area contributed by atoms with Gasteiger partial charge >= 0.3 is 5.97 Å². The first-order valence-corrected chi connectivity index (χ1v) is 9.37. The highest BCUT2D eigenvalue weighted by atomic mass is 32.1. The third kappa shape index (κ3) is 5.03. The molecule has 1 aromatic heterocycles. The lowest BCUT2D eigenvalue weighted by atomic mass is 10.1. The molecule has 2 rings (SSSR count). The molecule has 1 aromatic carbocycles. The molecule has 0 N–H and O–H groups in total. The summed E-state index contributed by atoms with van der Waals surface area (Å²) >= 11 is 1.25. The number of carbonyl (C=O) groups is 2. The number of nitriles is 1. The van der Waals surface area contributed by atoms with Crippen LogP contribution in [0.25, 0.3) is 6.08 Å². The van der Waals surface area contributed by atoms with E-state index in [4.69, 9.17) is 9.47 Å². The van der Waals surface area contributed by atoms with Crippen LogP contribution in [0, 0.1) is 25.2 Å². The van der Waals surface area contributed by atoms with Gasteiger partial charge in [0.05, 0.1) is 18.0 Å². The van der Waals surface area contributed by atoms with E-state index in [1.165, 1.54) is 36.3 Å². The second-order valence-electron chi connectivity index (χ2n) is 5.95. The molecule has 0 saturated heterocycles. The molecule has 0 unspecified atom stereocenters. The Morgan fingerprint density at radius 2 is 1.96 bits per heavy atom. The van der Waals surface area contributed by atoms with Crippen LogP contribution in [0.15, 0.2) is 29.2 Å². The van der Waals surface area contributed by atoms with Crippen LogP contribution in [0.4, 0.5) is 10.8 Å². The highest BCUT2D eigenvalue weighted by Gasteiger charge is 2.21. The summed E-state index contributed by atoms with van der Waals surface area (Å²) in [4.78, 5) is 30.2. The zero-order chi connectivity index (χ0) is 20.7. The lowest BCUT2D eigenvalue weighted by molar-refractivity contribution is -0.139. The van der Waals surface area contributed by atoms with Crippen LogP contribution in [0.2, 0.25) is 0 Å². The van der Waals surface area contributed by atoms with Gasteiger partial charge in [0.1, 0.15) is 18.2 Å². The van der Waals surface area contributed by atoms with E-state index in [-0.39, 0.29) is 24.7 Å². The number of thiazole rings is 1. The maximum atomic E-state index is 12.3. The van der Waals surface area contributed by atoms with Gasteiger partial charge in [-0.1, -0.05) is 18.2 Å². The van der Waals surface area contributed by atoms with Crippen LogP contribution in [-0.4, -0.2) is 37.2 Å². The number of hydrogen-bond acceptors (Lipinski definition) is 7. The number of esters is 1. The molecule has 2 aromatic rings. The van der Waals surface area contributed by atoms with Gasteiger partial charge in [0.2, 0.25) is 5.91 Å². The minimum atomic E-state index is -0.743. The first kappa shape index (κ1) is 21.3. The Hall–Kier alpha value is -3.02. The zero-order valence-electron chi connectivity index (χ0n) is 16.2. The van der Waals surface area contributed by atoms with Gasteiger partial charge in [-0.25, -0.2) is 9.78 Å². The number of aryl methyl sites for hydroxylation is 2. The molecule has 0 atom stereocenters. The highest BCUT2D eigenvalue weighted by Crippen LogP contribution is 2.34. The Balaban J connectivity index is 2.34. The molecule has 0 saturated carbocycles. The predicted molar refractivity (Wildman–Crippen MR) is 107 cm³/mol. The molecule has 0 spiro atoms. The number of para-hydroxylation sites is 1. The van der Waals surface area contributed by atoms with Crippen molar-refractivity contribution in [3.63, 3.8) is 0 Å². The molecule has 1 amide bonds. The van der Waals surface area contributed by atoms with Gasteiger partial charge in [0, 0.05) is 19.4 Å². The van der Waals surface area contributed by atoms with Crippen LogP contribution in [0.1, 0.15) is 23.7 Å². The first-order chi connectivity index (χ1) is 13.4. The fourth-order valence-electron chi connectivity index (χ4n) is 2.57. The second-order valence-corrected chi connectivity index (χ2v) is 6.78. The number of benzene rings is 1. The molecule has 7 nitrogen and oxygen atoms in total. The Morgan fingerprint density at radius 3 is 2.54 bits per heavy atom. The van der Waals surface area contributed by atoms with E-state index >= 15 is 0 Å². The Bertz CT molecular complexity index is 923. The number of amides is 1. The van der Waals surface area contributed by atoms with Crippen molar-refractivity contribution in [1.29, 1.82) is 5.26 Å². The summed E-state index contributed by atoms with van der Waals surface area (Å²) in [5.41, 5.74) is 2.90. The zero-order valence-corrected chi connectivity index (χ0v) is 17.0. The number of carbonyl (C=O) groups excluding carboxylic acids is 2. The average molecular weight is 399 g/mol.